The summed E-state index contributed by atoms with van der Waals surface area (Å²) in [6.45, 7) is 6.19. The number of hydrogen-bond donors (Lipinski definition) is 1. The van der Waals surface area contributed by atoms with Crippen LogP contribution in [-0.2, 0) is 18.4 Å². The van der Waals surface area contributed by atoms with Crippen LogP contribution in [0.2, 0.25) is 0 Å². The zero-order valence-corrected chi connectivity index (χ0v) is 14.4. The first-order valence-corrected chi connectivity index (χ1v) is 7.89. The number of anilines is 1. The van der Waals surface area contributed by atoms with E-state index in [4.69, 9.17) is 0 Å². The Hall–Kier alpha value is -2.82. The molecule has 0 spiro atoms. The number of rotatable bonds is 3. The zero-order valence-electron chi connectivity index (χ0n) is 14.4. The van der Waals surface area contributed by atoms with Gasteiger partial charge in [0.2, 0.25) is 5.91 Å². The third-order valence-corrected chi connectivity index (χ3v) is 4.27. The number of amides is 1. The number of carbonyl (C=O) groups is 1. The Kier molecular flexibility index (Phi) is 4.01. The van der Waals surface area contributed by atoms with Gasteiger partial charge in [-0.1, -0.05) is 17.7 Å². The second kappa shape index (κ2) is 6.00. The van der Waals surface area contributed by atoms with Gasteiger partial charge in [0.05, 0.1) is 10.9 Å². The van der Waals surface area contributed by atoms with Crippen LogP contribution in [-0.4, -0.2) is 15.0 Å². The molecule has 3 rings (SSSR count). The Morgan fingerprint density at radius 2 is 1.75 bits per heavy atom. The normalized spacial score (nSPS) is 11.0. The van der Waals surface area contributed by atoms with Crippen molar-refractivity contribution >= 4 is 22.5 Å². The van der Waals surface area contributed by atoms with Crippen molar-refractivity contribution in [2.75, 3.05) is 5.32 Å². The number of benzene rings is 1. The van der Waals surface area contributed by atoms with Gasteiger partial charge in [-0.2, -0.15) is 0 Å². The Bertz CT molecular complexity index is 972. The van der Waals surface area contributed by atoms with Crippen molar-refractivity contribution in [1.29, 1.82) is 0 Å². The van der Waals surface area contributed by atoms with Crippen LogP contribution >= 0.6 is 0 Å². The maximum Gasteiger partial charge on any atom is 0.259 e. The first-order valence-electron chi connectivity index (χ1n) is 7.89. The van der Waals surface area contributed by atoms with E-state index in [-0.39, 0.29) is 18.0 Å². The van der Waals surface area contributed by atoms with Gasteiger partial charge >= 0.3 is 0 Å². The Balaban J connectivity index is 1.86. The van der Waals surface area contributed by atoms with Gasteiger partial charge in [0.25, 0.3) is 5.56 Å². The summed E-state index contributed by atoms with van der Waals surface area (Å²) in [6.07, 6.45) is 3.49. The third kappa shape index (κ3) is 2.85. The number of nitrogens with one attached hydrogen (secondary N) is 1. The van der Waals surface area contributed by atoms with Crippen LogP contribution in [0, 0.1) is 20.8 Å². The summed E-state index contributed by atoms with van der Waals surface area (Å²) in [5.74, 6) is -0.108. The molecule has 0 aliphatic heterocycles. The molecular formula is C19H21N3O2. The first kappa shape index (κ1) is 16.1. The summed E-state index contributed by atoms with van der Waals surface area (Å²) in [4.78, 5) is 24.5. The molecule has 0 fully saturated rings. The van der Waals surface area contributed by atoms with Gasteiger partial charge in [-0.05, 0) is 44.0 Å². The van der Waals surface area contributed by atoms with Crippen molar-refractivity contribution in [2.24, 2.45) is 7.05 Å². The van der Waals surface area contributed by atoms with Crippen molar-refractivity contribution < 1.29 is 4.79 Å². The lowest BCUT2D eigenvalue weighted by atomic mass is 10.1. The number of hydrogen-bond acceptors (Lipinski definition) is 2. The van der Waals surface area contributed by atoms with Gasteiger partial charge in [0, 0.05) is 25.1 Å². The van der Waals surface area contributed by atoms with Gasteiger partial charge in [0.15, 0.2) is 0 Å². The van der Waals surface area contributed by atoms with Crippen molar-refractivity contribution in [3.63, 3.8) is 0 Å². The Morgan fingerprint density at radius 1 is 1.08 bits per heavy atom. The van der Waals surface area contributed by atoms with E-state index in [1.807, 2.05) is 26.8 Å². The number of nitrogens with zero attached hydrogens (tertiary/aromatic N) is 2. The largest absolute Gasteiger partial charge is 0.338 e. The van der Waals surface area contributed by atoms with E-state index in [0.717, 1.165) is 22.3 Å². The highest BCUT2D eigenvalue weighted by Gasteiger charge is 2.11. The molecule has 0 atom stereocenters. The van der Waals surface area contributed by atoms with Gasteiger partial charge in [-0.15, -0.1) is 0 Å². The van der Waals surface area contributed by atoms with Crippen molar-refractivity contribution in [1.82, 2.24) is 9.13 Å². The highest BCUT2D eigenvalue weighted by atomic mass is 16.2. The summed E-state index contributed by atoms with van der Waals surface area (Å²) >= 11 is 0. The number of pyridine rings is 1. The zero-order chi connectivity index (χ0) is 17.4. The van der Waals surface area contributed by atoms with E-state index in [0.29, 0.717) is 5.39 Å². The second-order valence-corrected chi connectivity index (χ2v) is 6.30. The van der Waals surface area contributed by atoms with Crippen LogP contribution in [0.3, 0.4) is 0 Å². The smallest absolute Gasteiger partial charge is 0.259 e. The Morgan fingerprint density at radius 3 is 2.42 bits per heavy atom. The predicted octanol–water partition coefficient (Wildman–Crippen LogP) is 2.90. The molecule has 0 radical (unpaired) electrons. The van der Waals surface area contributed by atoms with Crippen molar-refractivity contribution in [3.8, 4) is 0 Å². The molecule has 0 aliphatic rings. The lowest BCUT2D eigenvalue weighted by molar-refractivity contribution is -0.116. The van der Waals surface area contributed by atoms with Gasteiger partial charge in [-0.25, -0.2) is 0 Å². The summed E-state index contributed by atoms with van der Waals surface area (Å²) in [7, 11) is 1.72. The quantitative estimate of drug-likeness (QED) is 0.806. The molecule has 1 aromatic carbocycles. The monoisotopic (exact) mass is 323 g/mol. The van der Waals surface area contributed by atoms with Crippen molar-refractivity contribution in [3.05, 3.63) is 63.7 Å². The van der Waals surface area contributed by atoms with Crippen LogP contribution < -0.4 is 10.9 Å². The molecule has 0 unspecified atom stereocenters. The maximum absolute atomic E-state index is 12.4. The predicted molar refractivity (Wildman–Crippen MR) is 96.5 cm³/mol. The van der Waals surface area contributed by atoms with Gasteiger partial charge in [0.1, 0.15) is 6.54 Å². The van der Waals surface area contributed by atoms with Crippen LogP contribution in [0.5, 0.6) is 0 Å². The van der Waals surface area contributed by atoms with E-state index >= 15 is 0 Å². The van der Waals surface area contributed by atoms with E-state index in [9.17, 15) is 9.59 Å². The summed E-state index contributed by atoms with van der Waals surface area (Å²) in [5.41, 5.74) is 4.84. The van der Waals surface area contributed by atoms with E-state index in [2.05, 4.69) is 17.4 Å². The number of aromatic nitrogens is 2. The molecule has 124 valence electrons. The highest BCUT2D eigenvalue weighted by molar-refractivity contribution is 5.93. The third-order valence-electron chi connectivity index (χ3n) is 4.27. The first-order chi connectivity index (χ1) is 11.4. The number of carbonyl (C=O) groups excluding carboxylic acids is 1. The van der Waals surface area contributed by atoms with E-state index in [1.165, 1.54) is 10.1 Å². The molecule has 2 aromatic heterocycles. The molecule has 2 heterocycles. The van der Waals surface area contributed by atoms with Crippen LogP contribution in [0.15, 0.2) is 41.5 Å². The molecule has 1 N–H and O–H groups in total. The average Bonchev–Trinajstić information content (AvgIpc) is 2.90. The standard InChI is InChI=1S/C19H21N3O2/c1-12-9-13(2)18(14(3)10-12)20-17(23)11-22-8-5-15-16(22)6-7-21(4)19(15)24/h5-10H,11H2,1-4H3,(H,20,23). The summed E-state index contributed by atoms with van der Waals surface area (Å²) in [6, 6.07) is 7.72. The fourth-order valence-electron chi connectivity index (χ4n) is 3.14. The van der Waals surface area contributed by atoms with Crippen LogP contribution in [0.1, 0.15) is 16.7 Å². The fraction of sp³-hybridized carbons (Fsp3) is 0.263. The van der Waals surface area contributed by atoms with Crippen LogP contribution in [0.25, 0.3) is 10.9 Å². The average molecular weight is 323 g/mol. The van der Waals surface area contributed by atoms with Crippen LogP contribution in [0.4, 0.5) is 5.69 Å². The van der Waals surface area contributed by atoms with Crippen molar-refractivity contribution in [2.45, 2.75) is 27.3 Å². The SMILES string of the molecule is Cc1cc(C)c(NC(=O)Cn2ccc3c(=O)n(C)ccc32)c(C)c1. The van der Waals surface area contributed by atoms with Gasteiger partial charge < -0.3 is 14.5 Å². The van der Waals surface area contributed by atoms with E-state index in [1.54, 1.807) is 30.1 Å². The highest BCUT2D eigenvalue weighted by Crippen LogP contribution is 2.22. The second-order valence-electron chi connectivity index (χ2n) is 6.30. The summed E-state index contributed by atoms with van der Waals surface area (Å²) in [5, 5.41) is 3.61. The van der Waals surface area contributed by atoms with E-state index < -0.39 is 0 Å². The minimum Gasteiger partial charge on any atom is -0.338 e. The molecule has 0 aliphatic carbocycles. The molecule has 0 saturated carbocycles. The number of aryl methyl sites for hydroxylation is 4. The minimum atomic E-state index is -0.108. The van der Waals surface area contributed by atoms with Gasteiger partial charge in [-0.3, -0.25) is 9.59 Å². The molecule has 1 amide bonds. The molecule has 24 heavy (non-hydrogen) atoms. The molecule has 0 bridgehead atoms. The molecule has 0 saturated heterocycles. The number of fused-ring (bicyclic) bond motifs is 1. The summed E-state index contributed by atoms with van der Waals surface area (Å²) < 4.78 is 3.33. The molecular weight excluding hydrogens is 302 g/mol. The minimum absolute atomic E-state index is 0.0584. The maximum atomic E-state index is 12.4. The lowest BCUT2D eigenvalue weighted by Gasteiger charge is -2.13. The molecule has 5 heteroatoms. The molecule has 5 nitrogen and oxygen atoms in total. The fourth-order valence-corrected chi connectivity index (χ4v) is 3.14. The Labute approximate surface area is 140 Å². The topological polar surface area (TPSA) is 56.0 Å². The lowest BCUT2D eigenvalue weighted by Crippen LogP contribution is -2.20. The molecule has 3 aromatic rings.